The van der Waals surface area contributed by atoms with Crippen LogP contribution in [0.15, 0.2) is 53.6 Å². The summed E-state index contributed by atoms with van der Waals surface area (Å²) >= 11 is -0.669. The first kappa shape index (κ1) is 15.9. The number of rotatable bonds is 2. The minimum atomic E-state index is -0.669. The van der Waals surface area contributed by atoms with E-state index in [4.69, 9.17) is 0 Å². The van der Waals surface area contributed by atoms with Crippen molar-refractivity contribution < 1.29 is 49.9 Å². The summed E-state index contributed by atoms with van der Waals surface area (Å²) < 4.78 is 9.77. The van der Waals surface area contributed by atoms with Crippen LogP contribution in [0.25, 0.3) is 0 Å². The third kappa shape index (κ3) is 2.64. The summed E-state index contributed by atoms with van der Waals surface area (Å²) in [7, 11) is 0. The van der Waals surface area contributed by atoms with E-state index in [1.54, 1.807) is 24.3 Å². The van der Waals surface area contributed by atoms with Crippen LogP contribution in [0, 0.1) is 3.57 Å². The molecule has 0 N–H and O–H groups in total. The Kier molecular flexibility index (Phi) is 3.50. The van der Waals surface area contributed by atoms with Crippen LogP contribution in [0.2, 0.25) is 0 Å². The molecule has 0 radical (unpaired) electrons. The number of fused-ring (bicyclic) bond motifs is 1. The van der Waals surface area contributed by atoms with Gasteiger partial charge in [-0.25, -0.2) is 0 Å². The fraction of sp³-hybridized carbons (Fsp3) is 0.111. The van der Waals surface area contributed by atoms with Gasteiger partial charge in [-0.3, -0.25) is 0 Å². The van der Waals surface area contributed by atoms with E-state index in [9.17, 15) is 19.2 Å². The molecule has 2 heterocycles. The number of hydrogen-bond donors (Lipinski definition) is 0. The molecule has 126 valence electrons. The average molecular weight is 449 g/mol. The first-order chi connectivity index (χ1) is 11.9. The van der Waals surface area contributed by atoms with E-state index in [-0.39, 0.29) is 25.7 Å². The Balaban J connectivity index is 1.64. The first-order valence-electron chi connectivity index (χ1n) is 7.32. The second-order valence-corrected chi connectivity index (χ2v) is 9.89. The normalized spacial score (nSPS) is 20.5. The molecular formula is C18H10IO6-. The number of ether oxygens (including phenoxy) is 2. The minimum absolute atomic E-state index is 0.261. The van der Waals surface area contributed by atoms with Gasteiger partial charge in [0.2, 0.25) is 0 Å². The molecule has 1 aromatic rings. The van der Waals surface area contributed by atoms with Crippen LogP contribution in [0.4, 0.5) is 0 Å². The van der Waals surface area contributed by atoms with Crippen molar-refractivity contribution in [2.45, 2.75) is 10.3 Å². The van der Waals surface area contributed by atoms with Crippen molar-refractivity contribution in [3.63, 3.8) is 0 Å². The van der Waals surface area contributed by atoms with Crippen LogP contribution in [-0.4, -0.2) is 27.3 Å². The van der Waals surface area contributed by atoms with Crippen LogP contribution in [0.3, 0.4) is 0 Å². The fourth-order valence-electron chi connectivity index (χ4n) is 2.69. The maximum absolute atomic E-state index is 11.7. The number of carbonyl (C=O) groups is 4. The number of allylic oxidation sites excluding steroid dienone is 2. The Labute approximate surface area is 152 Å². The third-order valence-electron chi connectivity index (χ3n) is 3.99. The van der Waals surface area contributed by atoms with E-state index in [1.165, 1.54) is 0 Å². The van der Waals surface area contributed by atoms with Gasteiger partial charge in [0.25, 0.3) is 0 Å². The van der Waals surface area contributed by atoms with Crippen molar-refractivity contribution >= 4 is 23.9 Å². The molecule has 3 aliphatic rings. The Hall–Kier alpha value is -2.55. The Morgan fingerprint density at radius 1 is 0.800 bits per heavy atom. The molecule has 1 aliphatic carbocycles. The molecule has 0 spiro atoms. The molecule has 6 nitrogen and oxygen atoms in total. The van der Waals surface area contributed by atoms with Gasteiger partial charge >= 0.3 is 152 Å². The number of benzene rings is 1. The van der Waals surface area contributed by atoms with Crippen LogP contribution in [-0.2, 0) is 19.1 Å². The number of hydrogen-bond acceptors (Lipinski definition) is 6. The van der Waals surface area contributed by atoms with Gasteiger partial charge in [0.15, 0.2) is 0 Å². The van der Waals surface area contributed by atoms with E-state index >= 15 is 0 Å². The molecule has 7 heteroatoms. The number of carbonyl (C=O) groups excluding carboxylic acids is 4. The van der Waals surface area contributed by atoms with Gasteiger partial charge in [-0.05, 0) is 0 Å². The van der Waals surface area contributed by atoms with Crippen molar-refractivity contribution in [3.8, 4) is 0 Å². The number of cyclic esters (lactones) is 4. The van der Waals surface area contributed by atoms with E-state index in [0.29, 0.717) is 0 Å². The first-order valence-corrected chi connectivity index (χ1v) is 9.48. The van der Waals surface area contributed by atoms with Crippen molar-refractivity contribution in [2.75, 3.05) is 0 Å². The van der Waals surface area contributed by atoms with E-state index < -0.39 is 45.1 Å². The zero-order valence-electron chi connectivity index (χ0n) is 12.9. The molecule has 25 heavy (non-hydrogen) atoms. The monoisotopic (exact) mass is 449 g/mol. The van der Waals surface area contributed by atoms with E-state index in [2.05, 4.69) is 9.47 Å². The van der Waals surface area contributed by atoms with Gasteiger partial charge in [0, 0.05) is 0 Å². The molecule has 2 aliphatic heterocycles. The van der Waals surface area contributed by atoms with Crippen molar-refractivity contribution in [2.24, 2.45) is 0 Å². The standard InChI is InChI=1S/C18H10IO6/c1-18(6-4-11-12(5-7-18)16(22)24-15(11)21)19-9-2-3-10-13(8-9)17(23)25-14(10)20/h2-8H,1H3/q-1. The van der Waals surface area contributed by atoms with E-state index in [1.807, 2.05) is 25.1 Å². The quantitative estimate of drug-likeness (QED) is 0.237. The molecule has 1 aromatic carbocycles. The summed E-state index contributed by atoms with van der Waals surface area (Å²) in [6.07, 6.45) is 6.98. The molecule has 0 saturated heterocycles. The second kappa shape index (κ2) is 5.48. The van der Waals surface area contributed by atoms with Gasteiger partial charge in [-0.2, -0.15) is 0 Å². The predicted molar refractivity (Wildman–Crippen MR) is 79.7 cm³/mol. The van der Waals surface area contributed by atoms with Crippen molar-refractivity contribution in [3.05, 3.63) is 68.3 Å². The molecule has 0 bridgehead atoms. The van der Waals surface area contributed by atoms with Crippen LogP contribution < -0.4 is 21.2 Å². The topological polar surface area (TPSA) is 86.7 Å². The van der Waals surface area contributed by atoms with Gasteiger partial charge < -0.3 is 0 Å². The SMILES string of the molecule is CC1([I-]c2ccc3c(c2)C(=O)OC3=O)C=CC2=C(C=C1)C(=O)OC2=O. The summed E-state index contributed by atoms with van der Waals surface area (Å²) in [4.78, 5) is 46.6. The molecule has 4 rings (SSSR count). The van der Waals surface area contributed by atoms with Gasteiger partial charge in [0.05, 0.1) is 0 Å². The van der Waals surface area contributed by atoms with E-state index in [0.717, 1.165) is 3.57 Å². The molecular weight excluding hydrogens is 439 g/mol. The molecule has 0 amide bonds. The zero-order valence-corrected chi connectivity index (χ0v) is 15.0. The second-order valence-electron chi connectivity index (χ2n) is 5.78. The molecule has 0 fully saturated rings. The molecule has 0 aromatic heterocycles. The molecule has 0 unspecified atom stereocenters. The Bertz CT molecular complexity index is 932. The number of alkyl halides is 1. The summed E-state index contributed by atoms with van der Waals surface area (Å²) in [5.41, 5.74) is 1.09. The van der Waals surface area contributed by atoms with Crippen LogP contribution in [0.5, 0.6) is 0 Å². The maximum atomic E-state index is 11.7. The van der Waals surface area contributed by atoms with Crippen molar-refractivity contribution in [1.29, 1.82) is 0 Å². The summed E-state index contributed by atoms with van der Waals surface area (Å²) in [6.45, 7) is 1.99. The molecule has 0 atom stereocenters. The van der Waals surface area contributed by atoms with Gasteiger partial charge in [-0.1, -0.05) is 0 Å². The van der Waals surface area contributed by atoms with Crippen LogP contribution >= 0.6 is 0 Å². The average Bonchev–Trinajstić information content (AvgIpc) is 2.90. The van der Waals surface area contributed by atoms with Gasteiger partial charge in [-0.15, -0.1) is 0 Å². The number of esters is 4. The predicted octanol–water partition coefficient (Wildman–Crippen LogP) is -1.48. The van der Waals surface area contributed by atoms with Gasteiger partial charge in [0.1, 0.15) is 0 Å². The summed E-state index contributed by atoms with van der Waals surface area (Å²) in [5, 5.41) is 0. The van der Waals surface area contributed by atoms with Crippen molar-refractivity contribution in [1.82, 2.24) is 0 Å². The zero-order chi connectivity index (χ0) is 17.8. The Morgan fingerprint density at radius 3 is 2.00 bits per heavy atom. The summed E-state index contributed by atoms with van der Waals surface area (Å²) in [6, 6.07) is 5.10. The summed E-state index contributed by atoms with van der Waals surface area (Å²) in [5.74, 6) is -2.52. The fourth-order valence-corrected chi connectivity index (χ4v) is 5.58. The Morgan fingerprint density at radius 2 is 1.36 bits per heavy atom. The van der Waals surface area contributed by atoms with Crippen LogP contribution in [0.1, 0.15) is 27.6 Å². The molecule has 0 saturated carbocycles. The third-order valence-corrected chi connectivity index (χ3v) is 7.16. The number of halogens is 1.